The Bertz CT molecular complexity index is 633. The van der Waals surface area contributed by atoms with Crippen molar-refractivity contribution in [2.45, 2.75) is 19.3 Å². The highest BCUT2D eigenvalue weighted by atomic mass is 32.2. The summed E-state index contributed by atoms with van der Waals surface area (Å²) in [5.41, 5.74) is 0.473. The van der Waals surface area contributed by atoms with Crippen molar-refractivity contribution in [1.82, 2.24) is 9.80 Å². The number of sulfone groups is 1. The maximum Gasteiger partial charge on any atom is 0.232 e. The Hall–Kier alpha value is -1.40. The smallest absolute Gasteiger partial charge is 0.232 e. The molecule has 0 unspecified atom stereocenters. The van der Waals surface area contributed by atoms with Gasteiger partial charge in [-0.2, -0.15) is 0 Å². The third kappa shape index (κ3) is 4.78. The van der Waals surface area contributed by atoms with Gasteiger partial charge in [0.25, 0.3) is 0 Å². The standard InChI is InChI=1S/C17H26N2O3S/c1-17(2,15-7-5-4-6-8-15)16(20)19-11-9-18(10-12-19)13-14-23(3,21)22/h4-8H,9-14H2,1-3H3. The molecule has 0 bridgehead atoms. The lowest BCUT2D eigenvalue weighted by Gasteiger charge is -2.38. The molecule has 0 aromatic heterocycles. The number of benzene rings is 1. The Kier molecular flexibility index (Phi) is 5.47. The molecule has 0 N–H and O–H groups in total. The van der Waals surface area contributed by atoms with Crippen LogP contribution in [-0.4, -0.2) is 68.9 Å². The molecule has 5 nitrogen and oxygen atoms in total. The van der Waals surface area contributed by atoms with Crippen LogP contribution >= 0.6 is 0 Å². The van der Waals surface area contributed by atoms with Gasteiger partial charge in [-0.15, -0.1) is 0 Å². The zero-order valence-electron chi connectivity index (χ0n) is 14.2. The summed E-state index contributed by atoms with van der Waals surface area (Å²) >= 11 is 0. The average molecular weight is 338 g/mol. The van der Waals surface area contributed by atoms with Crippen LogP contribution in [0, 0.1) is 0 Å². The van der Waals surface area contributed by atoms with Gasteiger partial charge in [0.15, 0.2) is 0 Å². The number of hydrogen-bond donors (Lipinski definition) is 0. The van der Waals surface area contributed by atoms with Crippen molar-refractivity contribution in [3.05, 3.63) is 35.9 Å². The molecule has 1 fully saturated rings. The van der Waals surface area contributed by atoms with Gasteiger partial charge in [0.2, 0.25) is 5.91 Å². The summed E-state index contributed by atoms with van der Waals surface area (Å²) in [6.45, 7) is 7.22. The van der Waals surface area contributed by atoms with E-state index in [1.807, 2.05) is 49.1 Å². The first kappa shape index (κ1) is 17.9. The van der Waals surface area contributed by atoms with E-state index in [9.17, 15) is 13.2 Å². The molecule has 1 saturated heterocycles. The van der Waals surface area contributed by atoms with Gasteiger partial charge in [-0.05, 0) is 19.4 Å². The summed E-state index contributed by atoms with van der Waals surface area (Å²) in [5, 5.41) is 0. The van der Waals surface area contributed by atoms with Gasteiger partial charge in [0.1, 0.15) is 9.84 Å². The summed E-state index contributed by atoms with van der Waals surface area (Å²) in [4.78, 5) is 16.9. The van der Waals surface area contributed by atoms with Gasteiger partial charge in [-0.25, -0.2) is 8.42 Å². The van der Waals surface area contributed by atoms with Crippen LogP contribution in [0.5, 0.6) is 0 Å². The number of rotatable bonds is 5. The van der Waals surface area contributed by atoms with Crippen LogP contribution in [0.25, 0.3) is 0 Å². The lowest BCUT2D eigenvalue weighted by Crippen LogP contribution is -2.53. The van der Waals surface area contributed by atoms with Crippen molar-refractivity contribution in [3.8, 4) is 0 Å². The van der Waals surface area contributed by atoms with Crippen molar-refractivity contribution < 1.29 is 13.2 Å². The summed E-state index contributed by atoms with van der Waals surface area (Å²) < 4.78 is 22.5. The highest BCUT2D eigenvalue weighted by Gasteiger charge is 2.34. The summed E-state index contributed by atoms with van der Waals surface area (Å²) in [6, 6.07) is 9.83. The topological polar surface area (TPSA) is 57.7 Å². The van der Waals surface area contributed by atoms with Crippen LogP contribution in [0.3, 0.4) is 0 Å². The first-order chi connectivity index (χ1) is 10.7. The van der Waals surface area contributed by atoms with E-state index in [2.05, 4.69) is 4.90 Å². The van der Waals surface area contributed by atoms with E-state index >= 15 is 0 Å². The fraction of sp³-hybridized carbons (Fsp3) is 0.588. The fourth-order valence-corrected chi connectivity index (χ4v) is 3.43. The van der Waals surface area contributed by atoms with E-state index in [4.69, 9.17) is 0 Å². The molecule has 2 rings (SSSR count). The zero-order chi connectivity index (χ0) is 17.1. The van der Waals surface area contributed by atoms with Crippen molar-refractivity contribution in [2.75, 3.05) is 44.7 Å². The van der Waals surface area contributed by atoms with Crippen LogP contribution < -0.4 is 0 Å². The Morgan fingerprint density at radius 2 is 1.65 bits per heavy atom. The first-order valence-electron chi connectivity index (χ1n) is 7.95. The lowest BCUT2D eigenvalue weighted by atomic mass is 9.83. The minimum absolute atomic E-state index is 0.131. The maximum atomic E-state index is 12.9. The van der Waals surface area contributed by atoms with E-state index in [0.717, 1.165) is 18.7 Å². The number of carbonyl (C=O) groups is 1. The fourth-order valence-electron chi connectivity index (χ4n) is 2.84. The molecular weight excluding hydrogens is 312 g/mol. The first-order valence-corrected chi connectivity index (χ1v) is 10.0. The van der Waals surface area contributed by atoms with Gasteiger partial charge in [-0.3, -0.25) is 9.69 Å². The molecule has 0 spiro atoms. The monoisotopic (exact) mass is 338 g/mol. The normalized spacial score (nSPS) is 17.3. The number of hydrogen-bond acceptors (Lipinski definition) is 4. The van der Waals surface area contributed by atoms with E-state index in [1.54, 1.807) is 0 Å². The Morgan fingerprint density at radius 3 is 2.17 bits per heavy atom. The summed E-state index contributed by atoms with van der Waals surface area (Å²) in [7, 11) is -2.93. The van der Waals surface area contributed by atoms with Gasteiger partial charge in [0, 0.05) is 39.0 Å². The number of amides is 1. The molecule has 23 heavy (non-hydrogen) atoms. The predicted molar refractivity (Wildman–Crippen MR) is 92.2 cm³/mol. The second-order valence-electron chi connectivity index (χ2n) is 6.75. The molecule has 1 aromatic carbocycles. The molecular formula is C17H26N2O3S. The van der Waals surface area contributed by atoms with E-state index in [1.165, 1.54) is 6.26 Å². The Labute approximate surface area is 139 Å². The molecule has 128 valence electrons. The minimum atomic E-state index is -2.93. The van der Waals surface area contributed by atoms with Gasteiger partial charge in [0.05, 0.1) is 11.2 Å². The summed E-state index contributed by atoms with van der Waals surface area (Å²) in [6.07, 6.45) is 1.26. The maximum absolute atomic E-state index is 12.9. The lowest BCUT2D eigenvalue weighted by molar-refractivity contribution is -0.138. The van der Waals surface area contributed by atoms with Crippen LogP contribution in [-0.2, 0) is 20.0 Å². The highest BCUT2D eigenvalue weighted by molar-refractivity contribution is 7.90. The van der Waals surface area contributed by atoms with Crippen molar-refractivity contribution in [1.29, 1.82) is 0 Å². The van der Waals surface area contributed by atoms with Crippen LogP contribution in [0.1, 0.15) is 19.4 Å². The largest absolute Gasteiger partial charge is 0.339 e. The quantitative estimate of drug-likeness (QED) is 0.808. The Morgan fingerprint density at radius 1 is 1.09 bits per heavy atom. The second kappa shape index (κ2) is 7.01. The van der Waals surface area contributed by atoms with E-state index in [-0.39, 0.29) is 11.7 Å². The van der Waals surface area contributed by atoms with Gasteiger partial charge >= 0.3 is 0 Å². The molecule has 1 aromatic rings. The molecule has 0 atom stereocenters. The van der Waals surface area contributed by atoms with Crippen LogP contribution in [0.4, 0.5) is 0 Å². The number of carbonyl (C=O) groups excluding carboxylic acids is 1. The summed E-state index contributed by atoms with van der Waals surface area (Å²) in [5.74, 6) is 0.308. The molecule has 6 heteroatoms. The Balaban J connectivity index is 1.93. The molecule has 1 aliphatic heterocycles. The highest BCUT2D eigenvalue weighted by Crippen LogP contribution is 2.26. The van der Waals surface area contributed by atoms with Crippen molar-refractivity contribution in [2.24, 2.45) is 0 Å². The third-order valence-corrected chi connectivity index (χ3v) is 5.39. The van der Waals surface area contributed by atoms with Crippen LogP contribution in [0.2, 0.25) is 0 Å². The zero-order valence-corrected chi connectivity index (χ0v) is 15.0. The predicted octanol–water partition coefficient (Wildman–Crippen LogP) is 1.15. The van der Waals surface area contributed by atoms with Gasteiger partial charge in [-0.1, -0.05) is 30.3 Å². The molecule has 0 aliphatic carbocycles. The van der Waals surface area contributed by atoms with Gasteiger partial charge < -0.3 is 4.90 Å². The third-order valence-electron chi connectivity index (χ3n) is 4.47. The molecule has 1 heterocycles. The number of nitrogens with zero attached hydrogens (tertiary/aromatic N) is 2. The molecule has 1 aliphatic rings. The minimum Gasteiger partial charge on any atom is -0.339 e. The van der Waals surface area contributed by atoms with Crippen molar-refractivity contribution >= 4 is 15.7 Å². The number of piperazine rings is 1. The average Bonchev–Trinajstić information content (AvgIpc) is 2.53. The van der Waals surface area contributed by atoms with E-state index < -0.39 is 15.3 Å². The second-order valence-corrected chi connectivity index (χ2v) is 9.01. The molecule has 0 saturated carbocycles. The SMILES string of the molecule is CC(C)(C(=O)N1CCN(CCS(C)(=O)=O)CC1)c1ccccc1. The van der Waals surface area contributed by atoms with Crippen molar-refractivity contribution in [3.63, 3.8) is 0 Å². The molecule has 0 radical (unpaired) electrons. The van der Waals surface area contributed by atoms with E-state index in [0.29, 0.717) is 19.6 Å². The van der Waals surface area contributed by atoms with Crippen LogP contribution in [0.15, 0.2) is 30.3 Å². The molecule has 1 amide bonds.